The summed E-state index contributed by atoms with van der Waals surface area (Å²) in [6, 6.07) is 13.5. The molecule has 2 aromatic heterocycles. The second-order valence-electron chi connectivity index (χ2n) is 9.37. The van der Waals surface area contributed by atoms with Crippen molar-refractivity contribution in [2.24, 2.45) is 0 Å². The smallest absolute Gasteiger partial charge is 0.207 e. The van der Waals surface area contributed by atoms with Crippen molar-refractivity contribution >= 4 is 49.8 Å². The fourth-order valence-corrected chi connectivity index (χ4v) is 6.40. The molecule has 0 saturated heterocycles. The van der Waals surface area contributed by atoms with Gasteiger partial charge in [-0.05, 0) is 61.4 Å². The molecule has 1 aliphatic heterocycles. The molecule has 5 rings (SSSR count). The van der Waals surface area contributed by atoms with E-state index in [2.05, 4.69) is 89.8 Å². The van der Waals surface area contributed by atoms with Gasteiger partial charge in [-0.15, -0.1) is 11.3 Å². The van der Waals surface area contributed by atoms with E-state index in [4.69, 9.17) is 4.74 Å². The Morgan fingerprint density at radius 2 is 1.50 bits per heavy atom. The van der Waals surface area contributed by atoms with Crippen LogP contribution in [0.3, 0.4) is 0 Å². The minimum absolute atomic E-state index is 0.126. The highest BCUT2D eigenvalue weighted by atomic mass is 32.1. The van der Waals surface area contributed by atoms with E-state index in [9.17, 15) is 0 Å². The first-order chi connectivity index (χ1) is 14.1. The van der Waals surface area contributed by atoms with Crippen molar-refractivity contribution in [3.63, 3.8) is 0 Å². The van der Waals surface area contributed by atoms with Crippen LogP contribution >= 0.6 is 22.7 Å². The van der Waals surface area contributed by atoms with Crippen LogP contribution in [0, 0.1) is 27.7 Å². The fourth-order valence-electron chi connectivity index (χ4n) is 4.39. The Labute approximate surface area is 186 Å². The Hall–Kier alpha value is -2.30. The lowest BCUT2D eigenvalue weighted by Gasteiger charge is -2.33. The van der Waals surface area contributed by atoms with Crippen LogP contribution in [-0.4, -0.2) is 0 Å². The normalized spacial score (nSPS) is 13.4. The zero-order valence-electron chi connectivity index (χ0n) is 18.6. The number of rotatable bonds is 1. The summed E-state index contributed by atoms with van der Waals surface area (Å²) in [6.45, 7) is 15.7. The Kier molecular flexibility index (Phi) is 4.32. The van der Waals surface area contributed by atoms with Crippen LogP contribution in [-0.2, 0) is 5.41 Å². The Morgan fingerprint density at radius 1 is 0.800 bits per heavy atom. The molecule has 154 valence electrons. The van der Waals surface area contributed by atoms with Gasteiger partial charge in [0.05, 0.1) is 5.69 Å². The van der Waals surface area contributed by atoms with Gasteiger partial charge >= 0.3 is 0 Å². The third-order valence-electron chi connectivity index (χ3n) is 5.89. The van der Waals surface area contributed by atoms with Gasteiger partial charge in [0.15, 0.2) is 0 Å². The van der Waals surface area contributed by atoms with Crippen molar-refractivity contribution in [3.8, 4) is 10.1 Å². The Balaban J connectivity index is 1.83. The lowest BCUT2D eigenvalue weighted by molar-refractivity contribution is 0.506. The molecule has 30 heavy (non-hydrogen) atoms. The zero-order chi connectivity index (χ0) is 21.4. The summed E-state index contributed by atoms with van der Waals surface area (Å²) >= 11 is 3.49. The molecule has 4 aromatic rings. The molecule has 2 aromatic carbocycles. The lowest BCUT2D eigenvalue weighted by Crippen LogP contribution is -2.18. The van der Waals surface area contributed by atoms with E-state index >= 15 is 0 Å². The van der Waals surface area contributed by atoms with Crippen molar-refractivity contribution in [3.05, 3.63) is 63.5 Å². The first-order valence-electron chi connectivity index (χ1n) is 10.4. The van der Waals surface area contributed by atoms with Crippen LogP contribution in [0.1, 0.15) is 47.9 Å². The summed E-state index contributed by atoms with van der Waals surface area (Å²) < 4.78 is 7.75. The molecule has 1 aliphatic rings. The van der Waals surface area contributed by atoms with E-state index in [1.807, 2.05) is 0 Å². The number of hydrogen-bond donors (Lipinski definition) is 0. The molecule has 0 bridgehead atoms. The predicted octanol–water partition coefficient (Wildman–Crippen LogP) is 9.07. The van der Waals surface area contributed by atoms with Gasteiger partial charge < -0.3 is 9.64 Å². The summed E-state index contributed by atoms with van der Waals surface area (Å²) in [6.07, 6.45) is 0. The van der Waals surface area contributed by atoms with Gasteiger partial charge in [0.25, 0.3) is 0 Å². The molecular formula is C26H27NOS2. The van der Waals surface area contributed by atoms with Crippen LogP contribution in [0.2, 0.25) is 0 Å². The second kappa shape index (κ2) is 6.60. The third kappa shape index (κ3) is 2.89. The minimum Gasteiger partial charge on any atom is -0.431 e. The maximum absolute atomic E-state index is 6.44. The highest BCUT2D eigenvalue weighted by Crippen LogP contribution is 2.60. The van der Waals surface area contributed by atoms with Crippen LogP contribution in [0.25, 0.3) is 10.1 Å². The number of nitrogens with zero attached hydrogens (tertiary/aromatic N) is 1. The molecule has 0 atom stereocenters. The van der Waals surface area contributed by atoms with Crippen molar-refractivity contribution < 1.29 is 4.74 Å². The average Bonchev–Trinajstić information content (AvgIpc) is 3.20. The molecule has 0 amide bonds. The van der Waals surface area contributed by atoms with Crippen molar-refractivity contribution in [2.45, 2.75) is 53.9 Å². The summed E-state index contributed by atoms with van der Waals surface area (Å²) in [5, 5.41) is 3.25. The van der Waals surface area contributed by atoms with Gasteiger partial charge in [-0.2, -0.15) is 0 Å². The molecule has 0 unspecified atom stereocenters. The average molecular weight is 434 g/mol. The van der Waals surface area contributed by atoms with Crippen molar-refractivity contribution in [1.82, 2.24) is 0 Å². The first-order valence-corrected chi connectivity index (χ1v) is 12.0. The van der Waals surface area contributed by atoms with Crippen LogP contribution in [0.4, 0.5) is 17.1 Å². The van der Waals surface area contributed by atoms with E-state index in [1.54, 1.807) is 22.7 Å². The Bertz CT molecular complexity index is 1280. The molecule has 2 nitrogen and oxygen atoms in total. The molecule has 3 heterocycles. The van der Waals surface area contributed by atoms with Gasteiger partial charge in [-0.1, -0.05) is 62.4 Å². The standard InChI is InChI=1S/C26H27NOS2/c1-14-9-8-10-19-22-25(30-23(14)19)28-24-20(13-17(4)29-24)27(22)21-15(2)11-18(12-16(21)3)26(5,6)7/h8-13H,1-7H3. The van der Waals surface area contributed by atoms with E-state index in [0.29, 0.717) is 0 Å². The predicted molar refractivity (Wildman–Crippen MR) is 132 cm³/mol. The SMILES string of the molecule is Cc1cc2c(s1)Oc1sc3c(C)cccc3c1N2c1c(C)cc(C(C)(C)C)cc1C. The highest BCUT2D eigenvalue weighted by molar-refractivity contribution is 7.22. The summed E-state index contributed by atoms with van der Waals surface area (Å²) in [4.78, 5) is 3.72. The van der Waals surface area contributed by atoms with Gasteiger partial charge in [-0.3, -0.25) is 0 Å². The fraction of sp³-hybridized carbons (Fsp3) is 0.308. The first kappa shape index (κ1) is 19.7. The number of hydrogen-bond acceptors (Lipinski definition) is 4. The molecule has 4 heteroatoms. The highest BCUT2D eigenvalue weighted by Gasteiger charge is 2.33. The van der Waals surface area contributed by atoms with Crippen LogP contribution in [0.15, 0.2) is 36.4 Å². The van der Waals surface area contributed by atoms with Gasteiger partial charge in [0, 0.05) is 15.0 Å². The van der Waals surface area contributed by atoms with Crippen LogP contribution in [0.5, 0.6) is 10.1 Å². The molecular weight excluding hydrogens is 406 g/mol. The topological polar surface area (TPSA) is 12.5 Å². The number of ether oxygens (including phenoxy) is 1. The molecule has 0 fully saturated rings. The van der Waals surface area contributed by atoms with E-state index in [-0.39, 0.29) is 5.41 Å². The van der Waals surface area contributed by atoms with E-state index in [1.165, 1.54) is 48.6 Å². The minimum atomic E-state index is 0.126. The molecule has 0 spiro atoms. The molecule has 0 radical (unpaired) electrons. The molecule has 0 aliphatic carbocycles. The zero-order valence-corrected chi connectivity index (χ0v) is 20.3. The van der Waals surface area contributed by atoms with Crippen LogP contribution < -0.4 is 9.64 Å². The summed E-state index contributed by atoms with van der Waals surface area (Å²) in [7, 11) is 0. The maximum Gasteiger partial charge on any atom is 0.207 e. The van der Waals surface area contributed by atoms with Crippen molar-refractivity contribution in [2.75, 3.05) is 4.90 Å². The second-order valence-corrected chi connectivity index (χ2v) is 11.6. The molecule has 0 saturated carbocycles. The van der Waals surface area contributed by atoms with Gasteiger partial charge in [0.1, 0.15) is 11.4 Å². The summed E-state index contributed by atoms with van der Waals surface area (Å²) in [5.41, 5.74) is 9.01. The van der Waals surface area contributed by atoms with Crippen molar-refractivity contribution in [1.29, 1.82) is 0 Å². The number of fused-ring (bicyclic) bond motifs is 4. The summed E-state index contributed by atoms with van der Waals surface area (Å²) in [5.74, 6) is 0. The van der Waals surface area contributed by atoms with E-state index < -0.39 is 0 Å². The third-order valence-corrected chi connectivity index (χ3v) is 8.01. The number of benzene rings is 2. The number of thiophene rings is 2. The Morgan fingerprint density at radius 3 is 2.17 bits per heavy atom. The quantitative estimate of drug-likeness (QED) is 0.261. The molecule has 0 N–H and O–H groups in total. The monoisotopic (exact) mass is 433 g/mol. The van der Waals surface area contributed by atoms with E-state index in [0.717, 1.165) is 15.8 Å². The number of aryl methyl sites for hydroxylation is 4. The lowest BCUT2D eigenvalue weighted by atomic mass is 9.84. The van der Waals surface area contributed by atoms with Gasteiger partial charge in [0.2, 0.25) is 10.1 Å². The number of anilines is 3. The maximum atomic E-state index is 6.44. The largest absolute Gasteiger partial charge is 0.431 e. The van der Waals surface area contributed by atoms with Gasteiger partial charge in [-0.25, -0.2) is 0 Å².